The van der Waals surface area contributed by atoms with Crippen LogP contribution in [0.2, 0.25) is 0 Å². The lowest BCUT2D eigenvalue weighted by atomic mass is 10.1. The van der Waals surface area contributed by atoms with Crippen molar-refractivity contribution < 1.29 is 9.59 Å². The van der Waals surface area contributed by atoms with Crippen LogP contribution in [-0.2, 0) is 17.9 Å². The molecule has 1 saturated heterocycles. The summed E-state index contributed by atoms with van der Waals surface area (Å²) in [7, 11) is 0. The number of hydrogen-bond donors (Lipinski definition) is 2. The van der Waals surface area contributed by atoms with Crippen molar-refractivity contribution in [2.75, 3.05) is 13.1 Å². The van der Waals surface area contributed by atoms with Crippen LogP contribution in [0.3, 0.4) is 0 Å². The Hall–Kier alpha value is -1.59. The minimum absolute atomic E-state index is 0. The number of amides is 2. The minimum Gasteiger partial charge on any atom is -0.348 e. The maximum Gasteiger partial charge on any atom is 0.251 e. The molecule has 2 aliphatic heterocycles. The quantitative estimate of drug-likeness (QED) is 0.881. The highest BCUT2D eigenvalue weighted by Gasteiger charge is 2.22. The Labute approximate surface area is 136 Å². The van der Waals surface area contributed by atoms with Crippen LogP contribution in [0, 0.1) is 0 Å². The molecule has 0 saturated carbocycles. The zero-order valence-corrected chi connectivity index (χ0v) is 13.5. The summed E-state index contributed by atoms with van der Waals surface area (Å²) in [5.74, 6) is 0.128. The molecule has 1 atom stereocenters. The Balaban J connectivity index is 0.00000176. The zero-order chi connectivity index (χ0) is 14.8. The molecule has 5 nitrogen and oxygen atoms in total. The van der Waals surface area contributed by atoms with E-state index < -0.39 is 0 Å². The van der Waals surface area contributed by atoms with Gasteiger partial charge in [0.2, 0.25) is 5.91 Å². The van der Waals surface area contributed by atoms with E-state index in [-0.39, 0.29) is 30.3 Å². The van der Waals surface area contributed by atoms with Crippen LogP contribution < -0.4 is 10.6 Å². The number of carbonyl (C=O) groups excluding carboxylic acids is 2. The second-order valence-corrected chi connectivity index (χ2v) is 5.90. The van der Waals surface area contributed by atoms with Gasteiger partial charge in [0.1, 0.15) is 0 Å². The second-order valence-electron chi connectivity index (χ2n) is 5.90. The summed E-state index contributed by atoms with van der Waals surface area (Å²) < 4.78 is 0. The summed E-state index contributed by atoms with van der Waals surface area (Å²) in [6.07, 6.45) is 1.57. The second kappa shape index (κ2) is 7.11. The molecule has 2 aliphatic rings. The third-order valence-corrected chi connectivity index (χ3v) is 4.14. The monoisotopic (exact) mass is 323 g/mol. The van der Waals surface area contributed by atoms with E-state index in [1.165, 1.54) is 11.1 Å². The highest BCUT2D eigenvalue weighted by Crippen LogP contribution is 2.17. The fourth-order valence-electron chi connectivity index (χ4n) is 3.02. The molecule has 3 rings (SSSR count). The molecule has 0 bridgehead atoms. The Morgan fingerprint density at radius 1 is 1.36 bits per heavy atom. The van der Waals surface area contributed by atoms with Gasteiger partial charge >= 0.3 is 0 Å². The van der Waals surface area contributed by atoms with Crippen molar-refractivity contribution in [1.29, 1.82) is 0 Å². The van der Waals surface area contributed by atoms with Crippen LogP contribution in [0.15, 0.2) is 18.2 Å². The molecular weight excluding hydrogens is 302 g/mol. The maximum atomic E-state index is 12.3. The molecule has 2 amide bonds. The fraction of sp³-hybridized carbons (Fsp3) is 0.500. The molecule has 0 aromatic heterocycles. The minimum atomic E-state index is -0.0659. The third-order valence-electron chi connectivity index (χ3n) is 4.14. The summed E-state index contributed by atoms with van der Waals surface area (Å²) in [6.45, 7) is 5.05. The standard InChI is InChI=1S/C16H21N3O2.ClH/c1-11(10-19-6-2-3-15(19)20)18-16(21)12-4-5-13-8-17-9-14(13)7-12;/h4-5,7,11,17H,2-3,6,8-10H2,1H3,(H,18,21);1H. The summed E-state index contributed by atoms with van der Waals surface area (Å²) in [6, 6.07) is 5.80. The molecule has 0 aliphatic carbocycles. The lowest BCUT2D eigenvalue weighted by molar-refractivity contribution is -0.127. The fourth-order valence-corrected chi connectivity index (χ4v) is 3.02. The van der Waals surface area contributed by atoms with E-state index >= 15 is 0 Å². The first-order chi connectivity index (χ1) is 10.1. The largest absolute Gasteiger partial charge is 0.348 e. The number of nitrogens with zero attached hydrogens (tertiary/aromatic N) is 1. The molecule has 22 heavy (non-hydrogen) atoms. The molecule has 120 valence electrons. The van der Waals surface area contributed by atoms with Gasteiger partial charge in [-0.2, -0.15) is 0 Å². The SMILES string of the molecule is CC(CN1CCCC1=O)NC(=O)c1ccc2c(c1)CNC2.Cl. The third kappa shape index (κ3) is 3.59. The van der Waals surface area contributed by atoms with Crippen molar-refractivity contribution in [3.05, 3.63) is 34.9 Å². The van der Waals surface area contributed by atoms with Gasteiger partial charge in [-0.15, -0.1) is 12.4 Å². The van der Waals surface area contributed by atoms with Gasteiger partial charge in [-0.25, -0.2) is 0 Å². The number of carbonyl (C=O) groups is 2. The Morgan fingerprint density at radius 2 is 2.14 bits per heavy atom. The molecule has 1 aromatic carbocycles. The molecular formula is C16H22ClN3O2. The van der Waals surface area contributed by atoms with Crippen LogP contribution in [0.5, 0.6) is 0 Å². The number of hydrogen-bond acceptors (Lipinski definition) is 3. The van der Waals surface area contributed by atoms with Crippen molar-refractivity contribution in [3.63, 3.8) is 0 Å². The van der Waals surface area contributed by atoms with Gasteiger partial charge in [0, 0.05) is 44.2 Å². The topological polar surface area (TPSA) is 61.4 Å². The van der Waals surface area contributed by atoms with Crippen LogP contribution >= 0.6 is 12.4 Å². The summed E-state index contributed by atoms with van der Waals surface area (Å²) >= 11 is 0. The highest BCUT2D eigenvalue weighted by atomic mass is 35.5. The van der Waals surface area contributed by atoms with E-state index in [1.807, 2.05) is 30.0 Å². The van der Waals surface area contributed by atoms with E-state index in [0.29, 0.717) is 18.5 Å². The number of halogens is 1. The average molecular weight is 324 g/mol. The molecule has 2 heterocycles. The van der Waals surface area contributed by atoms with Crippen LogP contribution in [0.4, 0.5) is 0 Å². The van der Waals surface area contributed by atoms with Crippen molar-refractivity contribution in [1.82, 2.24) is 15.5 Å². The smallest absolute Gasteiger partial charge is 0.251 e. The molecule has 1 fully saturated rings. The summed E-state index contributed by atoms with van der Waals surface area (Å²) in [5.41, 5.74) is 3.16. The molecule has 6 heteroatoms. The van der Waals surface area contributed by atoms with E-state index in [0.717, 1.165) is 26.1 Å². The van der Waals surface area contributed by atoms with Gasteiger partial charge in [-0.05, 0) is 36.6 Å². The van der Waals surface area contributed by atoms with E-state index in [4.69, 9.17) is 0 Å². The Bertz CT molecular complexity index is 577. The Kier molecular flexibility index (Phi) is 5.42. The predicted octanol–water partition coefficient (Wildman–Crippen LogP) is 1.45. The van der Waals surface area contributed by atoms with Gasteiger partial charge in [-0.1, -0.05) is 6.07 Å². The van der Waals surface area contributed by atoms with Gasteiger partial charge in [0.05, 0.1) is 0 Å². The average Bonchev–Trinajstić information content (AvgIpc) is 3.07. The number of fused-ring (bicyclic) bond motifs is 1. The predicted molar refractivity (Wildman–Crippen MR) is 87.0 cm³/mol. The first-order valence-corrected chi connectivity index (χ1v) is 7.54. The van der Waals surface area contributed by atoms with Crippen molar-refractivity contribution >= 4 is 24.2 Å². The van der Waals surface area contributed by atoms with E-state index in [2.05, 4.69) is 10.6 Å². The lowest BCUT2D eigenvalue weighted by Crippen LogP contribution is -2.42. The van der Waals surface area contributed by atoms with Crippen LogP contribution in [-0.4, -0.2) is 35.8 Å². The van der Waals surface area contributed by atoms with Crippen molar-refractivity contribution in [2.45, 2.75) is 38.9 Å². The molecule has 1 aromatic rings. The molecule has 2 N–H and O–H groups in total. The zero-order valence-electron chi connectivity index (χ0n) is 12.7. The van der Waals surface area contributed by atoms with Crippen molar-refractivity contribution in [3.8, 4) is 0 Å². The number of rotatable bonds is 4. The van der Waals surface area contributed by atoms with Crippen LogP contribution in [0.1, 0.15) is 41.3 Å². The van der Waals surface area contributed by atoms with Crippen LogP contribution in [0.25, 0.3) is 0 Å². The molecule has 0 radical (unpaired) electrons. The van der Waals surface area contributed by atoms with E-state index in [9.17, 15) is 9.59 Å². The van der Waals surface area contributed by atoms with Gasteiger partial charge in [0.25, 0.3) is 5.91 Å². The lowest BCUT2D eigenvalue weighted by Gasteiger charge is -2.21. The molecule has 0 spiro atoms. The van der Waals surface area contributed by atoms with E-state index in [1.54, 1.807) is 0 Å². The number of benzene rings is 1. The molecule has 1 unspecified atom stereocenters. The number of likely N-dealkylation sites (tertiary alicyclic amines) is 1. The first-order valence-electron chi connectivity index (χ1n) is 7.54. The van der Waals surface area contributed by atoms with Gasteiger partial charge in [-0.3, -0.25) is 9.59 Å². The van der Waals surface area contributed by atoms with Gasteiger partial charge in [0.15, 0.2) is 0 Å². The Morgan fingerprint density at radius 3 is 2.86 bits per heavy atom. The summed E-state index contributed by atoms with van der Waals surface area (Å²) in [5, 5.41) is 6.25. The van der Waals surface area contributed by atoms with Crippen molar-refractivity contribution in [2.24, 2.45) is 0 Å². The first kappa shape index (κ1) is 16.8. The highest BCUT2D eigenvalue weighted by molar-refractivity contribution is 5.94. The maximum absolute atomic E-state index is 12.3. The summed E-state index contributed by atoms with van der Waals surface area (Å²) in [4.78, 5) is 25.7. The normalized spacial score (nSPS) is 17.9. The van der Waals surface area contributed by atoms with Gasteiger partial charge < -0.3 is 15.5 Å². The number of nitrogens with one attached hydrogen (secondary N) is 2.